The molecule has 102 valence electrons. The summed E-state index contributed by atoms with van der Waals surface area (Å²) >= 11 is 1.59. The van der Waals surface area contributed by atoms with Crippen molar-refractivity contribution in [3.05, 3.63) is 22.4 Å². The molecule has 1 amide bonds. The lowest BCUT2D eigenvalue weighted by atomic mass is 10.2. The van der Waals surface area contributed by atoms with Gasteiger partial charge in [0.25, 0.3) is 0 Å². The molecule has 2 rings (SSSR count). The number of hydrogen-bond acceptors (Lipinski definition) is 6. The highest BCUT2D eigenvalue weighted by atomic mass is 32.1. The maximum absolute atomic E-state index is 11.8. The molecule has 19 heavy (non-hydrogen) atoms. The van der Waals surface area contributed by atoms with Gasteiger partial charge in [-0.3, -0.25) is 4.79 Å². The number of amides is 1. The first-order valence-corrected chi connectivity index (χ1v) is 6.95. The quantitative estimate of drug-likeness (QED) is 0.856. The van der Waals surface area contributed by atoms with Crippen molar-refractivity contribution in [3.8, 4) is 0 Å². The van der Waals surface area contributed by atoms with Gasteiger partial charge in [-0.05, 0) is 30.7 Å². The molecule has 0 aromatic carbocycles. The van der Waals surface area contributed by atoms with Gasteiger partial charge in [-0.2, -0.15) is 0 Å². The van der Waals surface area contributed by atoms with Gasteiger partial charge in [0.05, 0.1) is 16.7 Å². The van der Waals surface area contributed by atoms with Crippen molar-refractivity contribution in [2.24, 2.45) is 0 Å². The van der Waals surface area contributed by atoms with E-state index in [1.54, 1.807) is 22.3 Å². The van der Waals surface area contributed by atoms with Crippen LogP contribution in [0.3, 0.4) is 0 Å². The molecule has 0 aliphatic carbocycles. The van der Waals surface area contributed by atoms with E-state index in [0.717, 1.165) is 10.7 Å². The summed E-state index contributed by atoms with van der Waals surface area (Å²) in [7, 11) is 0. The van der Waals surface area contributed by atoms with Crippen molar-refractivity contribution in [1.29, 1.82) is 0 Å². The Balaban J connectivity index is 1.72. The summed E-state index contributed by atoms with van der Waals surface area (Å²) < 4.78 is 1.61. The van der Waals surface area contributed by atoms with E-state index >= 15 is 0 Å². The maximum Gasteiger partial charge on any atom is 0.220 e. The molecule has 0 fully saturated rings. The number of aryl methyl sites for hydroxylation is 2. The van der Waals surface area contributed by atoms with E-state index < -0.39 is 0 Å². The Morgan fingerprint density at radius 2 is 2.42 bits per heavy atom. The van der Waals surface area contributed by atoms with Gasteiger partial charge in [-0.25, -0.2) is 9.67 Å². The lowest BCUT2D eigenvalue weighted by Crippen LogP contribution is -2.26. The predicted octanol–water partition coefficient (Wildman–Crippen LogP) is 1.10. The number of carbonyl (C=O) groups is 1. The minimum Gasteiger partial charge on any atom is -0.348 e. The third-order valence-corrected chi connectivity index (χ3v) is 3.43. The Hall–Kier alpha value is -1.83. The van der Waals surface area contributed by atoms with Crippen LogP contribution in [0.15, 0.2) is 11.7 Å². The first kappa shape index (κ1) is 13.6. The van der Waals surface area contributed by atoms with Crippen LogP contribution in [0.5, 0.6) is 0 Å². The lowest BCUT2D eigenvalue weighted by Gasteiger charge is -2.11. The van der Waals surface area contributed by atoms with E-state index in [9.17, 15) is 4.79 Å². The molecule has 0 saturated carbocycles. The molecule has 0 spiro atoms. The summed E-state index contributed by atoms with van der Waals surface area (Å²) in [5, 5.41) is 16.7. The fraction of sp³-hybridized carbons (Fsp3) is 0.545. The van der Waals surface area contributed by atoms with Crippen LogP contribution in [0, 0.1) is 6.92 Å². The van der Waals surface area contributed by atoms with Crippen LogP contribution in [0.25, 0.3) is 0 Å². The number of thiazole rings is 1. The first-order valence-electron chi connectivity index (χ1n) is 6.07. The summed E-state index contributed by atoms with van der Waals surface area (Å²) in [5.74, 6) is 0.0197. The second kappa shape index (κ2) is 6.37. The van der Waals surface area contributed by atoms with Crippen LogP contribution in [-0.4, -0.2) is 31.1 Å². The molecule has 0 saturated heterocycles. The van der Waals surface area contributed by atoms with E-state index in [1.807, 2.05) is 19.2 Å². The molecule has 2 aromatic rings. The Bertz CT molecular complexity index is 523. The molecule has 0 radical (unpaired) electrons. The Morgan fingerprint density at radius 3 is 3.05 bits per heavy atom. The zero-order valence-corrected chi connectivity index (χ0v) is 11.7. The summed E-state index contributed by atoms with van der Waals surface area (Å²) in [6.45, 7) is 4.53. The highest BCUT2D eigenvalue weighted by Gasteiger charge is 2.11. The highest BCUT2D eigenvalue weighted by Crippen LogP contribution is 2.15. The van der Waals surface area contributed by atoms with Crippen molar-refractivity contribution >= 4 is 17.2 Å². The summed E-state index contributed by atoms with van der Waals surface area (Å²) in [4.78, 5) is 16.1. The van der Waals surface area contributed by atoms with E-state index in [-0.39, 0.29) is 11.9 Å². The van der Waals surface area contributed by atoms with Crippen LogP contribution in [0.1, 0.15) is 36.5 Å². The van der Waals surface area contributed by atoms with Gasteiger partial charge < -0.3 is 5.32 Å². The topological polar surface area (TPSA) is 85.6 Å². The summed E-state index contributed by atoms with van der Waals surface area (Å²) in [5.41, 5.74) is 0.913. The molecule has 8 heteroatoms. The van der Waals surface area contributed by atoms with Crippen LogP contribution >= 0.6 is 11.3 Å². The minimum absolute atomic E-state index is 0.0197. The fourth-order valence-electron chi connectivity index (χ4n) is 1.65. The van der Waals surface area contributed by atoms with Gasteiger partial charge in [0.1, 0.15) is 6.33 Å². The Labute approximate surface area is 115 Å². The molecule has 7 nitrogen and oxygen atoms in total. The summed E-state index contributed by atoms with van der Waals surface area (Å²) in [6.07, 6.45) is 2.70. The zero-order valence-electron chi connectivity index (χ0n) is 10.9. The number of nitrogens with zero attached hydrogens (tertiary/aromatic N) is 5. The van der Waals surface area contributed by atoms with Crippen molar-refractivity contribution in [3.63, 3.8) is 0 Å². The second-order valence-electron chi connectivity index (χ2n) is 4.26. The Morgan fingerprint density at radius 1 is 1.58 bits per heavy atom. The molecule has 0 aliphatic rings. The first-order chi connectivity index (χ1) is 9.15. The van der Waals surface area contributed by atoms with Crippen molar-refractivity contribution < 1.29 is 4.79 Å². The molecule has 1 N–H and O–H groups in total. The van der Waals surface area contributed by atoms with E-state index in [0.29, 0.717) is 19.4 Å². The predicted molar refractivity (Wildman–Crippen MR) is 70.5 cm³/mol. The molecular formula is C11H16N6OS. The molecule has 2 heterocycles. The third kappa shape index (κ3) is 4.09. The maximum atomic E-state index is 11.8. The smallest absolute Gasteiger partial charge is 0.220 e. The number of aromatic nitrogens is 5. The second-order valence-corrected chi connectivity index (χ2v) is 5.32. The normalized spacial score (nSPS) is 12.3. The van der Waals surface area contributed by atoms with Gasteiger partial charge >= 0.3 is 0 Å². The van der Waals surface area contributed by atoms with Crippen molar-refractivity contribution in [2.75, 3.05) is 0 Å². The molecule has 0 aliphatic heterocycles. The summed E-state index contributed by atoms with van der Waals surface area (Å²) in [6, 6.07) is -0.0505. The minimum atomic E-state index is -0.0505. The van der Waals surface area contributed by atoms with Gasteiger partial charge in [0.15, 0.2) is 0 Å². The SMILES string of the molecule is Cc1nc([C@H](C)NC(=O)CCCn2cnnn2)cs1. The van der Waals surface area contributed by atoms with Gasteiger partial charge in [0, 0.05) is 18.3 Å². The number of nitrogens with one attached hydrogen (secondary N) is 1. The lowest BCUT2D eigenvalue weighted by molar-refractivity contribution is -0.121. The van der Waals surface area contributed by atoms with E-state index in [2.05, 4.69) is 25.8 Å². The van der Waals surface area contributed by atoms with Crippen LogP contribution in [0.4, 0.5) is 0 Å². The van der Waals surface area contributed by atoms with Gasteiger partial charge in [-0.1, -0.05) is 0 Å². The average Bonchev–Trinajstić information content (AvgIpc) is 3.00. The van der Waals surface area contributed by atoms with Gasteiger partial charge in [0.2, 0.25) is 5.91 Å². The number of carbonyl (C=O) groups excluding carboxylic acids is 1. The molecular weight excluding hydrogens is 264 g/mol. The Kier molecular flexibility index (Phi) is 4.56. The van der Waals surface area contributed by atoms with Crippen molar-refractivity contribution in [2.45, 2.75) is 39.3 Å². The largest absolute Gasteiger partial charge is 0.348 e. The van der Waals surface area contributed by atoms with E-state index in [1.165, 1.54) is 0 Å². The van der Waals surface area contributed by atoms with Crippen molar-refractivity contribution in [1.82, 2.24) is 30.5 Å². The third-order valence-electron chi connectivity index (χ3n) is 2.64. The molecule has 2 aromatic heterocycles. The van der Waals surface area contributed by atoms with Crippen LogP contribution < -0.4 is 5.32 Å². The highest BCUT2D eigenvalue weighted by molar-refractivity contribution is 7.09. The molecule has 0 unspecified atom stereocenters. The molecule has 0 bridgehead atoms. The standard InChI is InChI=1S/C11H16N6OS/c1-8(10-6-19-9(2)14-10)13-11(18)4-3-5-17-7-12-15-16-17/h6-8H,3-5H2,1-2H3,(H,13,18)/t8-/m0/s1. The number of hydrogen-bond donors (Lipinski definition) is 1. The number of tetrazole rings is 1. The van der Waals surface area contributed by atoms with E-state index in [4.69, 9.17) is 0 Å². The van der Waals surface area contributed by atoms with Gasteiger partial charge in [-0.15, -0.1) is 16.4 Å². The monoisotopic (exact) mass is 280 g/mol. The fourth-order valence-corrected chi connectivity index (χ4v) is 2.36. The van der Waals surface area contributed by atoms with Crippen LogP contribution in [-0.2, 0) is 11.3 Å². The number of rotatable bonds is 6. The van der Waals surface area contributed by atoms with Crippen LogP contribution in [0.2, 0.25) is 0 Å². The molecule has 1 atom stereocenters. The average molecular weight is 280 g/mol. The zero-order chi connectivity index (χ0) is 13.7.